The lowest BCUT2D eigenvalue weighted by Crippen LogP contribution is -2.43. The smallest absolute Gasteiger partial charge is 0.311 e. The molecule has 3 atom stereocenters. The number of hydrogen-bond donors (Lipinski definition) is 1. The molecule has 2 saturated heterocycles. The summed E-state index contributed by atoms with van der Waals surface area (Å²) in [6, 6.07) is 10.2. The van der Waals surface area contributed by atoms with Crippen molar-refractivity contribution in [1.29, 1.82) is 0 Å². The van der Waals surface area contributed by atoms with Gasteiger partial charge in [-0.05, 0) is 24.4 Å². The Balaban J connectivity index is 1.54. The molecule has 3 fully saturated rings. The highest BCUT2D eigenvalue weighted by Gasteiger charge is 2.51. The van der Waals surface area contributed by atoms with E-state index in [0.717, 1.165) is 18.5 Å². The van der Waals surface area contributed by atoms with E-state index >= 15 is 0 Å². The van der Waals surface area contributed by atoms with E-state index in [4.69, 9.17) is 4.74 Å². The zero-order chi connectivity index (χ0) is 11.0. The maximum Gasteiger partial charge on any atom is 0.311 e. The van der Waals surface area contributed by atoms with E-state index in [1.54, 1.807) is 0 Å². The molecular formula is C13H15NO2. The molecule has 2 bridgehead atoms. The van der Waals surface area contributed by atoms with Crippen molar-refractivity contribution in [1.82, 2.24) is 5.32 Å². The molecule has 0 radical (unpaired) electrons. The lowest BCUT2D eigenvalue weighted by atomic mass is 9.74. The van der Waals surface area contributed by atoms with Crippen LogP contribution in [0.1, 0.15) is 12.0 Å². The Morgan fingerprint density at radius 2 is 2.19 bits per heavy atom. The molecule has 1 saturated carbocycles. The number of carbonyl (C=O) groups is 1. The summed E-state index contributed by atoms with van der Waals surface area (Å²) in [6.45, 7) is 1.38. The number of esters is 1. The number of ether oxygens (including phenoxy) is 1. The minimum atomic E-state index is -0.0323. The maximum atomic E-state index is 11.8. The van der Waals surface area contributed by atoms with Crippen LogP contribution in [0.25, 0.3) is 0 Å². The Hall–Kier alpha value is -1.35. The van der Waals surface area contributed by atoms with Crippen LogP contribution in [0, 0.1) is 11.8 Å². The van der Waals surface area contributed by atoms with Crippen molar-refractivity contribution in [3.8, 4) is 0 Å². The molecule has 0 amide bonds. The first kappa shape index (κ1) is 9.85. The number of benzene rings is 1. The third-order valence-electron chi connectivity index (χ3n) is 3.64. The second kappa shape index (κ2) is 3.91. The fourth-order valence-electron chi connectivity index (χ4n) is 2.66. The van der Waals surface area contributed by atoms with Crippen LogP contribution >= 0.6 is 0 Å². The summed E-state index contributed by atoms with van der Waals surface area (Å²) in [5.41, 5.74) is 1.05. The molecule has 3 aliphatic rings. The van der Waals surface area contributed by atoms with Crippen LogP contribution < -0.4 is 5.32 Å². The summed E-state index contributed by atoms with van der Waals surface area (Å²) in [5, 5.41) is 3.32. The van der Waals surface area contributed by atoms with Gasteiger partial charge >= 0.3 is 5.97 Å². The lowest BCUT2D eigenvalue weighted by molar-refractivity contribution is -0.155. The number of hydrogen-bond acceptors (Lipinski definition) is 3. The average molecular weight is 217 g/mol. The van der Waals surface area contributed by atoms with Crippen molar-refractivity contribution in [2.45, 2.75) is 19.1 Å². The second-order valence-corrected chi connectivity index (χ2v) is 4.63. The number of fused-ring (bicyclic) bond motifs is 1. The standard InChI is InChI=1S/C13H15NO2/c15-13(12-10-6-11(12)14-7-10)16-8-9-4-2-1-3-5-9/h1-5,10-12,14H,6-8H2. The van der Waals surface area contributed by atoms with Crippen molar-refractivity contribution >= 4 is 5.97 Å². The van der Waals surface area contributed by atoms with Gasteiger partial charge in [0.25, 0.3) is 0 Å². The summed E-state index contributed by atoms with van der Waals surface area (Å²) < 4.78 is 5.33. The van der Waals surface area contributed by atoms with Crippen LogP contribution in [-0.2, 0) is 16.1 Å². The normalized spacial score (nSPS) is 30.9. The van der Waals surface area contributed by atoms with E-state index in [9.17, 15) is 4.79 Å². The van der Waals surface area contributed by atoms with Gasteiger partial charge in [-0.3, -0.25) is 4.79 Å². The summed E-state index contributed by atoms with van der Waals surface area (Å²) in [7, 11) is 0. The minimum Gasteiger partial charge on any atom is -0.461 e. The fraction of sp³-hybridized carbons (Fsp3) is 0.462. The first-order valence-electron chi connectivity index (χ1n) is 5.78. The third-order valence-corrected chi connectivity index (χ3v) is 3.64. The SMILES string of the molecule is O=C(OCc1ccccc1)C1C2CNC1C2. The molecular weight excluding hydrogens is 202 g/mol. The summed E-state index contributed by atoms with van der Waals surface area (Å²) in [5.74, 6) is 0.604. The fourth-order valence-corrected chi connectivity index (χ4v) is 2.66. The molecule has 3 heteroatoms. The number of rotatable bonds is 3. The molecule has 4 rings (SSSR count). The summed E-state index contributed by atoms with van der Waals surface area (Å²) in [6.07, 6.45) is 1.14. The predicted molar refractivity (Wildman–Crippen MR) is 59.6 cm³/mol. The van der Waals surface area contributed by atoms with Crippen molar-refractivity contribution in [2.75, 3.05) is 6.54 Å². The van der Waals surface area contributed by atoms with Gasteiger partial charge < -0.3 is 10.1 Å². The van der Waals surface area contributed by atoms with E-state index in [-0.39, 0.29) is 11.9 Å². The quantitative estimate of drug-likeness (QED) is 0.776. The largest absolute Gasteiger partial charge is 0.461 e. The molecule has 1 aromatic carbocycles. The lowest BCUT2D eigenvalue weighted by Gasteiger charge is -2.32. The molecule has 3 unspecified atom stereocenters. The zero-order valence-electron chi connectivity index (χ0n) is 9.06. The van der Waals surface area contributed by atoms with Crippen LogP contribution in [0.4, 0.5) is 0 Å². The van der Waals surface area contributed by atoms with E-state index in [1.165, 1.54) is 0 Å². The van der Waals surface area contributed by atoms with Crippen molar-refractivity contribution in [3.05, 3.63) is 35.9 Å². The van der Waals surface area contributed by atoms with E-state index < -0.39 is 0 Å². The molecule has 0 spiro atoms. The van der Waals surface area contributed by atoms with Gasteiger partial charge in [0.15, 0.2) is 0 Å². The van der Waals surface area contributed by atoms with Crippen molar-refractivity contribution in [3.63, 3.8) is 0 Å². The molecule has 3 nitrogen and oxygen atoms in total. The van der Waals surface area contributed by atoms with Gasteiger partial charge in [-0.15, -0.1) is 0 Å². The zero-order valence-corrected chi connectivity index (χ0v) is 9.06. The Morgan fingerprint density at radius 1 is 1.38 bits per heavy atom. The van der Waals surface area contributed by atoms with E-state index in [2.05, 4.69) is 5.32 Å². The third kappa shape index (κ3) is 1.61. The van der Waals surface area contributed by atoms with Crippen LogP contribution in [0.5, 0.6) is 0 Å². The van der Waals surface area contributed by atoms with Gasteiger partial charge in [-0.2, -0.15) is 0 Å². The van der Waals surface area contributed by atoms with Crippen LogP contribution in [-0.4, -0.2) is 18.6 Å². The highest BCUT2D eigenvalue weighted by atomic mass is 16.5. The number of carbonyl (C=O) groups excluding carboxylic acids is 1. The van der Waals surface area contributed by atoms with Gasteiger partial charge in [0.1, 0.15) is 6.61 Å². The average Bonchev–Trinajstić information content (AvgIpc) is 2.90. The molecule has 16 heavy (non-hydrogen) atoms. The highest BCUT2D eigenvalue weighted by molar-refractivity contribution is 5.75. The molecule has 1 aliphatic carbocycles. The van der Waals surface area contributed by atoms with E-state index in [0.29, 0.717) is 18.6 Å². The number of nitrogens with one attached hydrogen (secondary N) is 1. The summed E-state index contributed by atoms with van der Waals surface area (Å²) in [4.78, 5) is 11.8. The molecule has 1 aromatic rings. The van der Waals surface area contributed by atoms with E-state index in [1.807, 2.05) is 30.3 Å². The first-order chi connectivity index (χ1) is 7.84. The van der Waals surface area contributed by atoms with Crippen LogP contribution in [0.2, 0.25) is 0 Å². The van der Waals surface area contributed by atoms with Crippen LogP contribution in [0.3, 0.4) is 0 Å². The van der Waals surface area contributed by atoms with Gasteiger partial charge in [0, 0.05) is 6.04 Å². The first-order valence-corrected chi connectivity index (χ1v) is 5.78. The topological polar surface area (TPSA) is 38.3 Å². The van der Waals surface area contributed by atoms with Crippen molar-refractivity contribution in [2.24, 2.45) is 11.8 Å². The molecule has 84 valence electrons. The monoisotopic (exact) mass is 217 g/mol. The second-order valence-electron chi connectivity index (χ2n) is 4.63. The molecule has 1 N–H and O–H groups in total. The summed E-state index contributed by atoms with van der Waals surface area (Å²) >= 11 is 0. The van der Waals surface area contributed by atoms with Gasteiger partial charge in [-0.25, -0.2) is 0 Å². The minimum absolute atomic E-state index is 0.0323. The molecule has 2 heterocycles. The van der Waals surface area contributed by atoms with Gasteiger partial charge in [0.2, 0.25) is 0 Å². The van der Waals surface area contributed by atoms with Crippen molar-refractivity contribution < 1.29 is 9.53 Å². The van der Waals surface area contributed by atoms with Crippen LogP contribution in [0.15, 0.2) is 30.3 Å². The maximum absolute atomic E-state index is 11.8. The Kier molecular flexibility index (Phi) is 2.40. The van der Waals surface area contributed by atoms with Gasteiger partial charge in [0.05, 0.1) is 5.92 Å². The Bertz CT molecular complexity index is 376. The molecule has 2 aliphatic heterocycles. The Labute approximate surface area is 94.8 Å². The molecule has 0 aromatic heterocycles. The predicted octanol–water partition coefficient (Wildman–Crippen LogP) is 1.34. The Morgan fingerprint density at radius 3 is 2.81 bits per heavy atom. The highest BCUT2D eigenvalue weighted by Crippen LogP contribution is 2.40. The van der Waals surface area contributed by atoms with Gasteiger partial charge in [-0.1, -0.05) is 30.3 Å².